The van der Waals surface area contributed by atoms with Crippen LogP contribution in [0.2, 0.25) is 0 Å². The van der Waals surface area contributed by atoms with Gasteiger partial charge < -0.3 is 5.32 Å². The van der Waals surface area contributed by atoms with Gasteiger partial charge in [-0.05, 0) is 36.3 Å². The minimum atomic E-state index is -1.10. The summed E-state index contributed by atoms with van der Waals surface area (Å²) in [6.45, 7) is 0. The van der Waals surface area contributed by atoms with Gasteiger partial charge in [-0.25, -0.2) is 0 Å². The topological polar surface area (TPSA) is 110 Å². The predicted molar refractivity (Wildman–Crippen MR) is 120 cm³/mol. The number of allylic oxidation sites excluding steroid dienone is 2. The van der Waals surface area contributed by atoms with Crippen LogP contribution in [-0.4, -0.2) is 33.6 Å². The van der Waals surface area contributed by atoms with E-state index in [-0.39, 0.29) is 41.4 Å². The molecular formula is C25H23N3O5. The monoisotopic (exact) mass is 445 g/mol. The highest BCUT2D eigenvalue weighted by atomic mass is 16.6. The van der Waals surface area contributed by atoms with Crippen molar-refractivity contribution in [1.82, 2.24) is 4.90 Å². The molecule has 4 aliphatic rings. The number of hydrogen-bond donors (Lipinski definition) is 1. The highest BCUT2D eigenvalue weighted by Gasteiger charge is 2.58. The fraction of sp³-hybridized carbons (Fsp3) is 0.320. The first-order valence-electron chi connectivity index (χ1n) is 11.1. The first kappa shape index (κ1) is 21.1. The van der Waals surface area contributed by atoms with Crippen LogP contribution in [0.15, 0.2) is 66.7 Å². The molecule has 1 saturated carbocycles. The molecule has 1 heterocycles. The third kappa shape index (κ3) is 3.61. The second kappa shape index (κ2) is 8.27. The zero-order chi connectivity index (χ0) is 23.1. The van der Waals surface area contributed by atoms with Gasteiger partial charge in [0.05, 0.1) is 16.8 Å². The Morgan fingerprint density at radius 1 is 0.970 bits per heavy atom. The predicted octanol–water partition coefficient (Wildman–Crippen LogP) is 3.34. The molecule has 2 fully saturated rings. The average Bonchev–Trinajstić information content (AvgIpc) is 3.11. The van der Waals surface area contributed by atoms with Crippen LogP contribution in [0, 0.1) is 33.8 Å². The second-order valence-corrected chi connectivity index (χ2v) is 8.86. The fourth-order valence-corrected chi connectivity index (χ4v) is 5.50. The number of nitro groups is 1. The van der Waals surface area contributed by atoms with Gasteiger partial charge in [-0.1, -0.05) is 54.6 Å². The molecule has 33 heavy (non-hydrogen) atoms. The summed E-state index contributed by atoms with van der Waals surface area (Å²) >= 11 is 0. The van der Waals surface area contributed by atoms with Crippen LogP contribution in [0.25, 0.3) is 0 Å². The molecule has 2 aromatic carbocycles. The Morgan fingerprint density at radius 2 is 1.55 bits per heavy atom. The van der Waals surface area contributed by atoms with Crippen LogP contribution in [-0.2, 0) is 20.8 Å². The Balaban J connectivity index is 1.49. The molecule has 2 bridgehead atoms. The Bertz CT molecular complexity index is 1130. The highest BCUT2D eigenvalue weighted by Crippen LogP contribution is 2.50. The van der Waals surface area contributed by atoms with E-state index in [9.17, 15) is 24.5 Å². The van der Waals surface area contributed by atoms with E-state index in [4.69, 9.17) is 0 Å². The Kier molecular flexibility index (Phi) is 5.28. The van der Waals surface area contributed by atoms with Gasteiger partial charge in [0.15, 0.2) is 0 Å². The molecule has 1 saturated heterocycles. The molecular weight excluding hydrogens is 422 g/mol. The molecule has 8 heteroatoms. The number of likely N-dealkylation sites (tertiary alicyclic amines) is 1. The Hall–Kier alpha value is -3.81. The smallest absolute Gasteiger partial charge is 0.292 e. The summed E-state index contributed by atoms with van der Waals surface area (Å²) in [5.41, 5.74) is 0.569. The molecule has 168 valence electrons. The van der Waals surface area contributed by atoms with Crippen LogP contribution < -0.4 is 5.32 Å². The van der Waals surface area contributed by atoms with E-state index in [0.29, 0.717) is 0 Å². The summed E-state index contributed by atoms with van der Waals surface area (Å²) in [6, 6.07) is 13.9. The molecule has 8 nitrogen and oxygen atoms in total. The molecule has 3 aliphatic carbocycles. The van der Waals surface area contributed by atoms with Gasteiger partial charge in [-0.3, -0.25) is 29.4 Å². The van der Waals surface area contributed by atoms with Crippen molar-refractivity contribution in [3.63, 3.8) is 0 Å². The maximum absolute atomic E-state index is 13.5. The Morgan fingerprint density at radius 3 is 2.12 bits per heavy atom. The summed E-state index contributed by atoms with van der Waals surface area (Å²) in [7, 11) is 0. The zero-order valence-electron chi connectivity index (χ0n) is 17.8. The minimum Gasteiger partial charge on any atom is -0.319 e. The number of rotatable bonds is 6. The van der Waals surface area contributed by atoms with E-state index in [2.05, 4.69) is 5.32 Å². The van der Waals surface area contributed by atoms with Crippen LogP contribution in [0.1, 0.15) is 18.4 Å². The fourth-order valence-electron chi connectivity index (χ4n) is 5.50. The standard InChI is InChI=1S/C25H23N3O5/c29-23(26-18-8-4-5-9-19(18)28(32)33)20(14-15-6-2-1-3-7-15)27-24(30)21-16-10-11-17(13-12-16)22(21)25(27)31/h1-11,16-17,20-22H,12-14H2,(H,26,29)/t16-,17-,20-,21+,22+/m0/s1. The van der Waals surface area contributed by atoms with E-state index in [1.807, 2.05) is 42.5 Å². The van der Waals surface area contributed by atoms with Gasteiger partial charge in [-0.2, -0.15) is 0 Å². The van der Waals surface area contributed by atoms with E-state index in [0.717, 1.165) is 23.3 Å². The number of fused-ring (bicyclic) bond motifs is 1. The van der Waals surface area contributed by atoms with Crippen molar-refractivity contribution in [2.75, 3.05) is 5.32 Å². The number of amides is 3. The van der Waals surface area contributed by atoms with Crippen LogP contribution in [0.4, 0.5) is 11.4 Å². The third-order valence-electron chi connectivity index (χ3n) is 7.04. The molecule has 3 amide bonds. The second-order valence-electron chi connectivity index (χ2n) is 8.86. The lowest BCUT2D eigenvalue weighted by atomic mass is 9.63. The van der Waals surface area contributed by atoms with Gasteiger partial charge in [0, 0.05) is 12.5 Å². The maximum atomic E-state index is 13.5. The van der Waals surface area contributed by atoms with Crippen LogP contribution in [0.5, 0.6) is 0 Å². The van der Waals surface area contributed by atoms with Gasteiger partial charge >= 0.3 is 0 Å². The summed E-state index contributed by atoms with van der Waals surface area (Å²) in [5, 5.41) is 14.0. The number of nitrogens with zero attached hydrogens (tertiary/aromatic N) is 2. The van der Waals surface area contributed by atoms with Gasteiger partial charge in [0.2, 0.25) is 17.7 Å². The molecule has 0 unspecified atom stereocenters. The van der Waals surface area contributed by atoms with Gasteiger partial charge in [0.25, 0.3) is 5.69 Å². The number of imide groups is 1. The number of hydrogen-bond acceptors (Lipinski definition) is 5. The van der Waals surface area contributed by atoms with Gasteiger partial charge in [-0.15, -0.1) is 0 Å². The number of nitro benzene ring substituents is 1. The number of carbonyl (C=O) groups excluding carboxylic acids is 3. The van der Waals surface area contributed by atoms with Crippen molar-refractivity contribution in [3.05, 3.63) is 82.4 Å². The molecule has 1 aliphatic heterocycles. The first-order valence-corrected chi connectivity index (χ1v) is 11.1. The van der Waals surface area contributed by atoms with Gasteiger partial charge in [0.1, 0.15) is 11.7 Å². The van der Waals surface area contributed by atoms with Crippen molar-refractivity contribution in [2.45, 2.75) is 25.3 Å². The van der Waals surface area contributed by atoms with Crippen LogP contribution in [0.3, 0.4) is 0 Å². The summed E-state index contributed by atoms with van der Waals surface area (Å²) in [5.74, 6) is -2.09. The number of benzene rings is 2. The molecule has 1 N–H and O–H groups in total. The van der Waals surface area contributed by atoms with E-state index in [1.54, 1.807) is 6.07 Å². The molecule has 0 spiro atoms. The SMILES string of the molecule is O=C(Nc1ccccc1[N+](=O)[O-])[C@H](Cc1ccccc1)N1C(=O)[C@H]2[C@H](C1=O)[C@H]1C=C[C@H]2CC1. The lowest BCUT2D eigenvalue weighted by Crippen LogP contribution is -2.49. The maximum Gasteiger partial charge on any atom is 0.292 e. The van der Waals surface area contributed by atoms with Crippen molar-refractivity contribution in [3.8, 4) is 0 Å². The van der Waals surface area contributed by atoms with E-state index < -0.39 is 28.7 Å². The summed E-state index contributed by atoms with van der Waals surface area (Å²) < 4.78 is 0. The average molecular weight is 445 g/mol. The summed E-state index contributed by atoms with van der Waals surface area (Å²) in [4.78, 5) is 52.4. The minimum absolute atomic E-state index is 0.0112. The molecule has 0 aromatic heterocycles. The molecule has 5 atom stereocenters. The molecule has 2 aromatic rings. The van der Waals surface area contributed by atoms with Crippen molar-refractivity contribution >= 4 is 29.1 Å². The largest absolute Gasteiger partial charge is 0.319 e. The van der Waals surface area contributed by atoms with E-state index >= 15 is 0 Å². The first-order chi connectivity index (χ1) is 16.0. The van der Waals surface area contributed by atoms with Crippen molar-refractivity contribution in [1.29, 1.82) is 0 Å². The number of para-hydroxylation sites is 2. The normalized spacial score (nSPS) is 26.2. The molecule has 6 rings (SSSR count). The highest BCUT2D eigenvalue weighted by molar-refractivity contribution is 6.11. The molecule has 0 radical (unpaired) electrons. The lowest BCUT2D eigenvalue weighted by molar-refractivity contribution is -0.383. The quantitative estimate of drug-likeness (QED) is 0.317. The van der Waals surface area contributed by atoms with Crippen LogP contribution >= 0.6 is 0 Å². The number of nitrogens with one attached hydrogen (secondary N) is 1. The summed E-state index contributed by atoms with van der Waals surface area (Å²) in [6.07, 6.45) is 5.92. The van der Waals surface area contributed by atoms with Crippen molar-refractivity contribution < 1.29 is 19.3 Å². The lowest BCUT2D eigenvalue weighted by Gasteiger charge is -2.38. The van der Waals surface area contributed by atoms with E-state index in [1.165, 1.54) is 18.2 Å². The number of carbonyl (C=O) groups is 3. The third-order valence-corrected chi connectivity index (χ3v) is 7.04. The number of anilines is 1. The zero-order valence-corrected chi connectivity index (χ0v) is 17.8. The van der Waals surface area contributed by atoms with Crippen molar-refractivity contribution in [2.24, 2.45) is 23.7 Å². The Labute approximate surface area is 190 Å².